The van der Waals surface area contributed by atoms with Crippen LogP contribution in [0.1, 0.15) is 30.1 Å². The molecule has 2 aliphatic heterocycles. The molecule has 1 aromatic heterocycles. The van der Waals surface area contributed by atoms with Crippen LogP contribution in [0.15, 0.2) is 28.7 Å². The predicted molar refractivity (Wildman–Crippen MR) is 78.6 cm³/mol. The zero-order valence-corrected chi connectivity index (χ0v) is 11.7. The van der Waals surface area contributed by atoms with E-state index in [1.54, 1.807) is 5.56 Å². The van der Waals surface area contributed by atoms with Crippen LogP contribution in [0.4, 0.5) is 0 Å². The molecule has 4 rings (SSSR count). The van der Waals surface area contributed by atoms with Gasteiger partial charge in [-0.15, -0.1) is 0 Å². The van der Waals surface area contributed by atoms with Gasteiger partial charge in [0.05, 0.1) is 5.52 Å². The fraction of sp³-hybridized carbons (Fsp3) is 0.333. The van der Waals surface area contributed by atoms with Crippen LogP contribution >= 0.6 is 15.9 Å². The summed E-state index contributed by atoms with van der Waals surface area (Å²) in [5.74, 6) is 0. The van der Waals surface area contributed by atoms with Gasteiger partial charge in [-0.3, -0.25) is 0 Å². The highest BCUT2D eigenvalue weighted by molar-refractivity contribution is 9.10. The predicted octanol–water partition coefficient (Wildman–Crippen LogP) is 3.86. The van der Waals surface area contributed by atoms with Crippen molar-refractivity contribution in [1.82, 2.24) is 9.88 Å². The van der Waals surface area contributed by atoms with E-state index in [0.29, 0.717) is 6.04 Å². The highest BCUT2D eigenvalue weighted by Gasteiger charge is 2.27. The second-order valence-electron chi connectivity index (χ2n) is 5.11. The zero-order chi connectivity index (χ0) is 12.1. The maximum Gasteiger partial charge on any atom is 0.0540 e. The zero-order valence-electron chi connectivity index (χ0n) is 10.1. The summed E-state index contributed by atoms with van der Waals surface area (Å²) in [5.41, 5.74) is 4.37. The number of fused-ring (bicyclic) bond motifs is 3. The van der Waals surface area contributed by atoms with E-state index in [1.807, 2.05) is 0 Å². The van der Waals surface area contributed by atoms with Crippen molar-refractivity contribution >= 4 is 33.0 Å². The number of halogens is 1. The summed E-state index contributed by atoms with van der Waals surface area (Å²) in [6.45, 7) is 1.10. The summed E-state index contributed by atoms with van der Waals surface area (Å²) in [5, 5.41) is 5.08. The van der Waals surface area contributed by atoms with Gasteiger partial charge in [-0.05, 0) is 43.5 Å². The standard InChI is InChI=1S/C15H15BrN2/c16-10-4-5-11-12-6-7-17-13-3-1-2-8-18(15(12)13)14(11)9-10/h2,4-5,8-9,13,17H,1,3,6-7H2/t13-/m0/s1. The maximum absolute atomic E-state index is 3.66. The van der Waals surface area contributed by atoms with Crippen LogP contribution < -0.4 is 5.32 Å². The minimum absolute atomic E-state index is 0.523. The molecule has 0 bridgehead atoms. The molecule has 1 N–H and O–H groups in total. The Bertz CT molecular complexity index is 654. The largest absolute Gasteiger partial charge is 0.319 e. The number of hydrogen-bond acceptors (Lipinski definition) is 1. The lowest BCUT2D eigenvalue weighted by Gasteiger charge is -2.24. The molecule has 18 heavy (non-hydrogen) atoms. The molecule has 0 amide bonds. The number of nitrogens with one attached hydrogen (secondary N) is 1. The van der Waals surface area contributed by atoms with Crippen LogP contribution in [0.25, 0.3) is 17.1 Å². The molecule has 0 radical (unpaired) electrons. The molecular formula is C15H15BrN2. The van der Waals surface area contributed by atoms with Crippen molar-refractivity contribution in [2.45, 2.75) is 25.3 Å². The van der Waals surface area contributed by atoms with E-state index in [4.69, 9.17) is 0 Å². The van der Waals surface area contributed by atoms with Crippen molar-refractivity contribution in [2.75, 3.05) is 6.54 Å². The first kappa shape index (κ1) is 10.8. The summed E-state index contributed by atoms with van der Waals surface area (Å²) in [7, 11) is 0. The van der Waals surface area contributed by atoms with Crippen molar-refractivity contribution < 1.29 is 0 Å². The van der Waals surface area contributed by atoms with Crippen LogP contribution in [-0.4, -0.2) is 11.1 Å². The summed E-state index contributed by atoms with van der Waals surface area (Å²) < 4.78 is 3.54. The molecule has 0 unspecified atom stereocenters. The van der Waals surface area contributed by atoms with Gasteiger partial charge in [0.15, 0.2) is 0 Å². The van der Waals surface area contributed by atoms with Gasteiger partial charge < -0.3 is 9.88 Å². The van der Waals surface area contributed by atoms with Crippen LogP contribution in [0.2, 0.25) is 0 Å². The molecule has 0 aliphatic carbocycles. The molecule has 2 nitrogen and oxygen atoms in total. The second kappa shape index (κ2) is 3.97. The number of benzene rings is 1. The van der Waals surface area contributed by atoms with E-state index in [9.17, 15) is 0 Å². The summed E-state index contributed by atoms with van der Waals surface area (Å²) >= 11 is 3.59. The molecule has 0 saturated carbocycles. The smallest absolute Gasteiger partial charge is 0.0540 e. The Hall–Kier alpha value is -1.06. The van der Waals surface area contributed by atoms with Crippen molar-refractivity contribution in [3.05, 3.63) is 40.0 Å². The molecule has 3 heteroatoms. The summed E-state index contributed by atoms with van der Waals surface area (Å²) in [6, 6.07) is 7.17. The van der Waals surface area contributed by atoms with Gasteiger partial charge in [0.25, 0.3) is 0 Å². The van der Waals surface area contributed by atoms with Crippen LogP contribution in [0, 0.1) is 0 Å². The van der Waals surface area contributed by atoms with Gasteiger partial charge in [-0.2, -0.15) is 0 Å². The van der Waals surface area contributed by atoms with Crippen molar-refractivity contribution in [3.8, 4) is 0 Å². The number of aromatic nitrogens is 1. The number of rotatable bonds is 0. The van der Waals surface area contributed by atoms with Gasteiger partial charge in [-0.1, -0.05) is 28.1 Å². The van der Waals surface area contributed by atoms with E-state index in [2.05, 4.69) is 56.3 Å². The van der Waals surface area contributed by atoms with E-state index in [0.717, 1.165) is 23.9 Å². The Kier molecular flexibility index (Phi) is 2.39. The first-order chi connectivity index (χ1) is 8.84. The molecule has 0 spiro atoms. The van der Waals surface area contributed by atoms with E-state index >= 15 is 0 Å². The summed E-state index contributed by atoms with van der Waals surface area (Å²) in [4.78, 5) is 0. The maximum atomic E-state index is 3.66. The highest BCUT2D eigenvalue weighted by Crippen LogP contribution is 2.37. The molecule has 1 aromatic carbocycles. The highest BCUT2D eigenvalue weighted by atomic mass is 79.9. The topological polar surface area (TPSA) is 17.0 Å². The minimum atomic E-state index is 0.523. The molecule has 3 heterocycles. The lowest BCUT2D eigenvalue weighted by atomic mass is 9.97. The van der Waals surface area contributed by atoms with Crippen molar-refractivity contribution in [3.63, 3.8) is 0 Å². The Morgan fingerprint density at radius 3 is 3.22 bits per heavy atom. The SMILES string of the molecule is Brc1ccc2c3c4n(c2c1)C=CCC[C@@H]4NCC3. The second-order valence-corrected chi connectivity index (χ2v) is 6.03. The van der Waals surface area contributed by atoms with Gasteiger partial charge in [0.1, 0.15) is 0 Å². The average molecular weight is 303 g/mol. The van der Waals surface area contributed by atoms with E-state index in [1.165, 1.54) is 23.0 Å². The molecule has 1 atom stereocenters. The van der Waals surface area contributed by atoms with Gasteiger partial charge in [-0.25, -0.2) is 0 Å². The first-order valence-electron chi connectivity index (χ1n) is 6.57. The number of allylic oxidation sites excluding steroid dienone is 1. The van der Waals surface area contributed by atoms with Crippen LogP contribution in [0.3, 0.4) is 0 Å². The Balaban J connectivity index is 2.12. The summed E-state index contributed by atoms with van der Waals surface area (Å²) in [6.07, 6.45) is 8.06. The lowest BCUT2D eigenvalue weighted by molar-refractivity contribution is 0.470. The third-order valence-corrected chi connectivity index (χ3v) is 4.58. The normalized spacial score (nSPS) is 21.9. The van der Waals surface area contributed by atoms with Crippen molar-refractivity contribution in [1.29, 1.82) is 0 Å². The molecule has 2 aromatic rings. The molecule has 92 valence electrons. The Morgan fingerprint density at radius 2 is 2.28 bits per heavy atom. The molecule has 2 aliphatic rings. The fourth-order valence-corrected chi connectivity index (χ4v) is 3.67. The molecular weight excluding hydrogens is 288 g/mol. The minimum Gasteiger partial charge on any atom is -0.319 e. The number of nitrogens with zero attached hydrogens (tertiary/aromatic N) is 1. The molecule has 0 saturated heterocycles. The van der Waals surface area contributed by atoms with Gasteiger partial charge in [0, 0.05) is 27.8 Å². The molecule has 0 fully saturated rings. The third kappa shape index (κ3) is 1.44. The third-order valence-electron chi connectivity index (χ3n) is 4.09. The van der Waals surface area contributed by atoms with Crippen molar-refractivity contribution in [2.24, 2.45) is 0 Å². The van der Waals surface area contributed by atoms with E-state index in [-0.39, 0.29) is 0 Å². The Morgan fingerprint density at radius 1 is 1.33 bits per heavy atom. The van der Waals surface area contributed by atoms with Gasteiger partial charge in [0.2, 0.25) is 0 Å². The van der Waals surface area contributed by atoms with Crippen LogP contribution in [-0.2, 0) is 6.42 Å². The Labute approximate surface area is 115 Å². The first-order valence-corrected chi connectivity index (χ1v) is 7.36. The number of hydrogen-bond donors (Lipinski definition) is 1. The lowest BCUT2D eigenvalue weighted by Crippen LogP contribution is -2.30. The van der Waals surface area contributed by atoms with E-state index < -0.39 is 0 Å². The quantitative estimate of drug-likeness (QED) is 0.782. The van der Waals surface area contributed by atoms with Gasteiger partial charge >= 0.3 is 0 Å². The monoisotopic (exact) mass is 302 g/mol. The van der Waals surface area contributed by atoms with Crippen LogP contribution in [0.5, 0.6) is 0 Å². The average Bonchev–Trinajstić information content (AvgIpc) is 2.56. The fourth-order valence-electron chi connectivity index (χ4n) is 3.32.